The van der Waals surface area contributed by atoms with Crippen molar-refractivity contribution in [2.24, 2.45) is 0 Å². The fourth-order valence-electron chi connectivity index (χ4n) is 0.866. The topological polar surface area (TPSA) is 0 Å². The molecule has 0 aromatic carbocycles. The summed E-state index contributed by atoms with van der Waals surface area (Å²) >= 11 is 7.74. The normalized spacial score (nSPS) is 10.5. The smallest absolute Gasteiger partial charge is 0.0834 e. The summed E-state index contributed by atoms with van der Waals surface area (Å²) in [6, 6.07) is 2.27. The second-order valence-electron chi connectivity index (χ2n) is 2.44. The van der Waals surface area contributed by atoms with E-state index in [1.54, 1.807) is 0 Å². The van der Waals surface area contributed by atoms with Gasteiger partial charge in [0.25, 0.3) is 0 Å². The maximum Gasteiger partial charge on any atom is 0.0834 e. The summed E-state index contributed by atoms with van der Waals surface area (Å²) in [6.07, 6.45) is 3.83. The highest BCUT2D eigenvalue weighted by molar-refractivity contribution is 14.1. The number of unbranched alkanes of at least 4 members (excludes halogenated alkanes) is 1. The molecule has 0 amide bonds. The molecule has 3 heteroatoms. The summed E-state index contributed by atoms with van der Waals surface area (Å²) in [7, 11) is 0. The van der Waals surface area contributed by atoms with E-state index in [0.717, 1.165) is 0 Å². The van der Waals surface area contributed by atoms with E-state index in [1.807, 2.05) is 11.3 Å². The molecule has 0 saturated heterocycles. The van der Waals surface area contributed by atoms with Crippen LogP contribution in [0.2, 0.25) is 0 Å². The molecule has 1 rings (SSSR count). The second kappa shape index (κ2) is 4.82. The number of thiophene rings is 1. The Hall–Kier alpha value is 0.910. The van der Waals surface area contributed by atoms with Crippen molar-refractivity contribution in [3.8, 4) is 0 Å². The van der Waals surface area contributed by atoms with E-state index in [9.17, 15) is 0 Å². The van der Waals surface area contributed by atoms with E-state index in [4.69, 9.17) is 0 Å². The lowest BCUT2D eigenvalue weighted by Crippen LogP contribution is -1.76. The van der Waals surface area contributed by atoms with Crippen molar-refractivity contribution in [1.82, 2.24) is 0 Å². The molecule has 62 valence electrons. The zero-order valence-corrected chi connectivity index (χ0v) is 10.9. The molecule has 0 fully saturated rings. The molecule has 0 unspecified atom stereocenters. The van der Waals surface area contributed by atoms with E-state index in [1.165, 1.54) is 31.5 Å². The van der Waals surface area contributed by atoms with E-state index >= 15 is 0 Å². The largest absolute Gasteiger partial charge is 0.132 e. The predicted octanol–water partition coefficient (Wildman–Crippen LogP) is 4.46. The molecule has 0 atom stereocenters. The fraction of sp³-hybridized carbons (Fsp3) is 0.500. The van der Waals surface area contributed by atoms with Gasteiger partial charge in [-0.1, -0.05) is 13.3 Å². The van der Waals surface area contributed by atoms with Crippen LogP contribution in [-0.4, -0.2) is 0 Å². The molecular formula is C8H10BrIS. The highest BCUT2D eigenvalue weighted by Gasteiger charge is 2.02. The van der Waals surface area contributed by atoms with Crippen molar-refractivity contribution in [1.29, 1.82) is 0 Å². The van der Waals surface area contributed by atoms with E-state index in [2.05, 4.69) is 51.5 Å². The number of halogens is 2. The Morgan fingerprint density at radius 3 is 2.82 bits per heavy atom. The van der Waals surface area contributed by atoms with Crippen LogP contribution in [0.4, 0.5) is 0 Å². The minimum atomic E-state index is 1.24. The van der Waals surface area contributed by atoms with Gasteiger partial charge in [-0.3, -0.25) is 0 Å². The van der Waals surface area contributed by atoms with Gasteiger partial charge in [0, 0.05) is 8.45 Å². The van der Waals surface area contributed by atoms with Crippen molar-refractivity contribution < 1.29 is 0 Å². The molecule has 1 aromatic rings. The van der Waals surface area contributed by atoms with Gasteiger partial charge in [-0.25, -0.2) is 0 Å². The monoisotopic (exact) mass is 344 g/mol. The molecule has 1 heterocycles. The first-order valence-electron chi connectivity index (χ1n) is 3.67. The average molecular weight is 345 g/mol. The van der Waals surface area contributed by atoms with E-state index < -0.39 is 0 Å². The van der Waals surface area contributed by atoms with Crippen molar-refractivity contribution in [3.63, 3.8) is 0 Å². The van der Waals surface area contributed by atoms with Gasteiger partial charge in [0.15, 0.2) is 0 Å². The Kier molecular flexibility index (Phi) is 4.38. The van der Waals surface area contributed by atoms with Crippen LogP contribution in [0.25, 0.3) is 0 Å². The molecule has 0 aliphatic heterocycles. The molecule has 0 bridgehead atoms. The summed E-state index contributed by atoms with van der Waals surface area (Å²) < 4.78 is 2.63. The van der Waals surface area contributed by atoms with Gasteiger partial charge in [-0.05, 0) is 57.4 Å². The Labute approximate surface area is 93.7 Å². The molecule has 11 heavy (non-hydrogen) atoms. The molecule has 0 spiro atoms. The van der Waals surface area contributed by atoms with Crippen molar-refractivity contribution in [2.75, 3.05) is 0 Å². The summed E-state index contributed by atoms with van der Waals surface area (Å²) in [5.74, 6) is 0. The maximum atomic E-state index is 3.52. The van der Waals surface area contributed by atoms with Crippen LogP contribution in [0.3, 0.4) is 0 Å². The zero-order valence-electron chi connectivity index (χ0n) is 6.36. The molecule has 0 N–H and O–H groups in total. The molecular weight excluding hydrogens is 335 g/mol. The van der Waals surface area contributed by atoms with Crippen LogP contribution in [0.5, 0.6) is 0 Å². The van der Waals surface area contributed by atoms with Gasteiger partial charge in [0.2, 0.25) is 0 Å². The van der Waals surface area contributed by atoms with Crippen molar-refractivity contribution >= 4 is 49.9 Å². The molecule has 0 saturated carbocycles. The molecule has 0 aliphatic rings. The third-order valence-corrected chi connectivity index (χ3v) is 5.33. The van der Waals surface area contributed by atoms with Gasteiger partial charge in [-0.2, -0.15) is 0 Å². The lowest BCUT2D eigenvalue weighted by Gasteiger charge is -1.90. The molecule has 0 radical (unpaired) electrons. The Morgan fingerprint density at radius 1 is 1.64 bits per heavy atom. The SMILES string of the molecule is CCCCc1cc(I)c(Br)s1. The van der Waals surface area contributed by atoms with Crippen LogP contribution >= 0.6 is 49.9 Å². The van der Waals surface area contributed by atoms with Gasteiger partial charge in [0.1, 0.15) is 0 Å². The number of aryl methyl sites for hydroxylation is 1. The fourth-order valence-corrected chi connectivity index (χ4v) is 3.33. The summed E-state index contributed by atoms with van der Waals surface area (Å²) in [6.45, 7) is 2.23. The lowest BCUT2D eigenvalue weighted by atomic mass is 10.2. The Balaban J connectivity index is 2.58. The van der Waals surface area contributed by atoms with Crippen LogP contribution in [0.15, 0.2) is 9.85 Å². The minimum Gasteiger partial charge on any atom is -0.132 e. The standard InChI is InChI=1S/C8H10BrIS/c1-2-3-4-6-5-7(10)8(9)11-6/h5H,2-4H2,1H3. The second-order valence-corrected chi connectivity index (χ2v) is 6.05. The van der Waals surface area contributed by atoms with Crippen LogP contribution < -0.4 is 0 Å². The van der Waals surface area contributed by atoms with Gasteiger partial charge < -0.3 is 0 Å². The van der Waals surface area contributed by atoms with E-state index in [-0.39, 0.29) is 0 Å². The summed E-state index contributed by atoms with van der Waals surface area (Å²) in [4.78, 5) is 1.50. The summed E-state index contributed by atoms with van der Waals surface area (Å²) in [5.41, 5.74) is 0. The highest BCUT2D eigenvalue weighted by atomic mass is 127. The maximum absolute atomic E-state index is 3.52. The molecule has 0 aliphatic carbocycles. The summed E-state index contributed by atoms with van der Waals surface area (Å²) in [5, 5.41) is 0. The Morgan fingerprint density at radius 2 is 2.36 bits per heavy atom. The van der Waals surface area contributed by atoms with Crippen LogP contribution in [-0.2, 0) is 6.42 Å². The zero-order chi connectivity index (χ0) is 8.27. The number of rotatable bonds is 3. The van der Waals surface area contributed by atoms with E-state index in [0.29, 0.717) is 0 Å². The Bertz CT molecular complexity index is 212. The van der Waals surface area contributed by atoms with Crippen molar-refractivity contribution in [3.05, 3.63) is 18.3 Å². The molecule has 1 aromatic heterocycles. The minimum absolute atomic E-state index is 1.24. The predicted molar refractivity (Wildman–Crippen MR) is 63.3 cm³/mol. The number of hydrogen-bond acceptors (Lipinski definition) is 1. The third kappa shape index (κ3) is 3.03. The lowest BCUT2D eigenvalue weighted by molar-refractivity contribution is 0.804. The molecule has 0 nitrogen and oxygen atoms in total. The quantitative estimate of drug-likeness (QED) is 0.710. The van der Waals surface area contributed by atoms with Crippen molar-refractivity contribution in [2.45, 2.75) is 26.2 Å². The average Bonchev–Trinajstić information content (AvgIpc) is 2.28. The first-order valence-corrected chi connectivity index (χ1v) is 6.36. The van der Waals surface area contributed by atoms with Crippen LogP contribution in [0, 0.1) is 3.57 Å². The highest BCUT2D eigenvalue weighted by Crippen LogP contribution is 2.29. The van der Waals surface area contributed by atoms with Gasteiger partial charge >= 0.3 is 0 Å². The first-order chi connectivity index (χ1) is 5.24. The van der Waals surface area contributed by atoms with Gasteiger partial charge in [0.05, 0.1) is 3.79 Å². The van der Waals surface area contributed by atoms with Crippen LogP contribution in [0.1, 0.15) is 24.6 Å². The first kappa shape index (κ1) is 9.99. The van der Waals surface area contributed by atoms with Gasteiger partial charge in [-0.15, -0.1) is 11.3 Å². The number of hydrogen-bond donors (Lipinski definition) is 0. The third-order valence-electron chi connectivity index (χ3n) is 1.47.